The minimum Gasteiger partial charge on any atom is -0.391 e. The normalized spacial score (nSPS) is 15.1. The van der Waals surface area contributed by atoms with Gasteiger partial charge in [0, 0.05) is 0 Å². The van der Waals surface area contributed by atoms with Crippen LogP contribution in [0.1, 0.15) is 55.8 Å². The fourth-order valence-electron chi connectivity index (χ4n) is 1.52. The van der Waals surface area contributed by atoms with Gasteiger partial charge in [0.25, 0.3) is 5.91 Å². The Bertz CT molecular complexity index is 384. The second-order valence-corrected chi connectivity index (χ2v) is 4.27. The van der Waals surface area contributed by atoms with Crippen LogP contribution >= 0.6 is 0 Å². The van der Waals surface area contributed by atoms with Crippen LogP contribution < -0.4 is 5.73 Å². The summed E-state index contributed by atoms with van der Waals surface area (Å²) < 4.78 is 1.56. The molecule has 1 aromatic rings. The third-order valence-electron chi connectivity index (χ3n) is 2.59. The van der Waals surface area contributed by atoms with Crippen molar-refractivity contribution in [3.63, 3.8) is 0 Å². The first kappa shape index (κ1) is 12.6. The maximum Gasteiger partial charge on any atom is 0.271 e. The van der Waals surface area contributed by atoms with Crippen LogP contribution in [0, 0.1) is 0 Å². The average molecular weight is 226 g/mol. The standard InChI is InChI=1S/C10H18N4O2/c1-5(2)9-8(10(11)16)12-13-14(9)6(3)7(4)15/h5-7,15H,1-4H3,(H2,11,16). The zero-order chi connectivity index (χ0) is 12.5. The summed E-state index contributed by atoms with van der Waals surface area (Å²) in [7, 11) is 0. The van der Waals surface area contributed by atoms with Crippen molar-refractivity contribution < 1.29 is 9.90 Å². The van der Waals surface area contributed by atoms with E-state index in [0.717, 1.165) is 0 Å². The molecule has 0 spiro atoms. The fraction of sp³-hybridized carbons (Fsp3) is 0.700. The molecule has 1 aromatic heterocycles. The van der Waals surface area contributed by atoms with Gasteiger partial charge in [0.1, 0.15) is 0 Å². The predicted molar refractivity (Wildman–Crippen MR) is 59.0 cm³/mol. The fourth-order valence-corrected chi connectivity index (χ4v) is 1.52. The number of nitrogens with two attached hydrogens (primary N) is 1. The first-order valence-corrected chi connectivity index (χ1v) is 5.29. The SMILES string of the molecule is CC(C)c1c(C(N)=O)nnn1C(C)C(C)O. The minimum absolute atomic E-state index is 0.0682. The van der Waals surface area contributed by atoms with Gasteiger partial charge in [-0.1, -0.05) is 19.1 Å². The van der Waals surface area contributed by atoms with Crippen LogP contribution in [0.15, 0.2) is 0 Å². The van der Waals surface area contributed by atoms with Gasteiger partial charge in [-0.05, 0) is 19.8 Å². The number of carbonyl (C=O) groups is 1. The quantitative estimate of drug-likeness (QED) is 0.779. The molecular weight excluding hydrogens is 208 g/mol. The van der Waals surface area contributed by atoms with Crippen LogP contribution in [0.25, 0.3) is 0 Å². The van der Waals surface area contributed by atoms with Crippen molar-refractivity contribution in [2.45, 2.75) is 45.8 Å². The van der Waals surface area contributed by atoms with Gasteiger partial charge in [-0.15, -0.1) is 5.10 Å². The molecule has 0 saturated carbocycles. The number of primary amides is 1. The molecule has 3 N–H and O–H groups in total. The molecule has 2 unspecified atom stereocenters. The lowest BCUT2D eigenvalue weighted by Gasteiger charge is -2.19. The molecule has 90 valence electrons. The smallest absolute Gasteiger partial charge is 0.271 e. The number of hydrogen-bond donors (Lipinski definition) is 2. The number of rotatable bonds is 4. The topological polar surface area (TPSA) is 94.0 Å². The highest BCUT2D eigenvalue weighted by Gasteiger charge is 2.24. The molecule has 1 amide bonds. The molecule has 1 heterocycles. The highest BCUT2D eigenvalue weighted by molar-refractivity contribution is 5.91. The Hall–Kier alpha value is -1.43. The van der Waals surface area contributed by atoms with Gasteiger partial charge in [-0.25, -0.2) is 4.68 Å². The van der Waals surface area contributed by atoms with E-state index in [1.54, 1.807) is 11.6 Å². The van der Waals surface area contributed by atoms with Crippen molar-refractivity contribution in [2.75, 3.05) is 0 Å². The van der Waals surface area contributed by atoms with E-state index >= 15 is 0 Å². The summed E-state index contributed by atoms with van der Waals surface area (Å²) in [5, 5.41) is 17.2. The van der Waals surface area contributed by atoms with E-state index in [2.05, 4.69) is 10.3 Å². The zero-order valence-electron chi connectivity index (χ0n) is 10.0. The molecule has 6 nitrogen and oxygen atoms in total. The van der Waals surface area contributed by atoms with Crippen molar-refractivity contribution in [1.29, 1.82) is 0 Å². The largest absolute Gasteiger partial charge is 0.391 e. The van der Waals surface area contributed by atoms with Crippen LogP contribution in [0.4, 0.5) is 0 Å². The third kappa shape index (κ3) is 2.21. The van der Waals surface area contributed by atoms with Crippen molar-refractivity contribution in [3.8, 4) is 0 Å². The first-order chi connectivity index (χ1) is 7.36. The van der Waals surface area contributed by atoms with Crippen molar-refractivity contribution in [1.82, 2.24) is 15.0 Å². The maximum absolute atomic E-state index is 11.2. The molecule has 0 saturated heterocycles. The van der Waals surface area contributed by atoms with Crippen LogP contribution in [0.3, 0.4) is 0 Å². The number of nitrogens with zero attached hydrogens (tertiary/aromatic N) is 3. The summed E-state index contributed by atoms with van der Waals surface area (Å²) in [5.74, 6) is -0.522. The number of hydrogen-bond acceptors (Lipinski definition) is 4. The molecule has 0 radical (unpaired) electrons. The molecule has 0 bridgehead atoms. The van der Waals surface area contributed by atoms with Gasteiger partial charge in [0.2, 0.25) is 0 Å². The van der Waals surface area contributed by atoms with E-state index in [0.29, 0.717) is 5.69 Å². The van der Waals surface area contributed by atoms with E-state index in [1.165, 1.54) is 0 Å². The molecule has 0 aliphatic heterocycles. The van der Waals surface area contributed by atoms with Gasteiger partial charge >= 0.3 is 0 Å². The Morgan fingerprint density at radius 3 is 2.31 bits per heavy atom. The summed E-state index contributed by atoms with van der Waals surface area (Å²) in [6, 6.07) is -0.238. The van der Waals surface area contributed by atoms with E-state index in [4.69, 9.17) is 5.73 Å². The molecule has 16 heavy (non-hydrogen) atoms. The average Bonchev–Trinajstić information content (AvgIpc) is 2.60. The number of carbonyl (C=O) groups excluding carboxylic acids is 1. The second kappa shape index (κ2) is 4.61. The molecule has 0 aromatic carbocycles. The highest BCUT2D eigenvalue weighted by Crippen LogP contribution is 2.22. The lowest BCUT2D eigenvalue weighted by atomic mass is 10.1. The van der Waals surface area contributed by atoms with Gasteiger partial charge in [0.05, 0.1) is 17.8 Å². The first-order valence-electron chi connectivity index (χ1n) is 5.29. The number of amides is 1. The monoisotopic (exact) mass is 226 g/mol. The lowest BCUT2D eigenvalue weighted by Crippen LogP contribution is -2.23. The summed E-state index contributed by atoms with van der Waals surface area (Å²) in [5.41, 5.74) is 6.08. The van der Waals surface area contributed by atoms with E-state index in [9.17, 15) is 9.90 Å². The zero-order valence-corrected chi connectivity index (χ0v) is 10.0. The molecule has 6 heteroatoms. The lowest BCUT2D eigenvalue weighted by molar-refractivity contribution is 0.0993. The van der Waals surface area contributed by atoms with Gasteiger partial charge in [-0.2, -0.15) is 0 Å². The van der Waals surface area contributed by atoms with Gasteiger partial charge in [-0.3, -0.25) is 4.79 Å². The van der Waals surface area contributed by atoms with E-state index < -0.39 is 12.0 Å². The van der Waals surface area contributed by atoms with Crippen LogP contribution in [0.2, 0.25) is 0 Å². The Kier molecular flexibility index (Phi) is 3.64. The Morgan fingerprint density at radius 2 is 1.94 bits per heavy atom. The maximum atomic E-state index is 11.2. The van der Waals surface area contributed by atoms with Gasteiger partial charge in [0.15, 0.2) is 5.69 Å². The van der Waals surface area contributed by atoms with Crippen LogP contribution in [-0.2, 0) is 0 Å². The Labute approximate surface area is 94.4 Å². The molecule has 0 aliphatic carbocycles. The van der Waals surface area contributed by atoms with Crippen molar-refractivity contribution in [3.05, 3.63) is 11.4 Å². The summed E-state index contributed by atoms with van der Waals surface area (Å²) in [6.07, 6.45) is -0.570. The number of aliphatic hydroxyl groups excluding tert-OH is 1. The van der Waals surface area contributed by atoms with Crippen LogP contribution in [-0.4, -0.2) is 32.1 Å². The Morgan fingerprint density at radius 1 is 1.38 bits per heavy atom. The van der Waals surface area contributed by atoms with Crippen molar-refractivity contribution in [2.24, 2.45) is 5.73 Å². The second-order valence-electron chi connectivity index (χ2n) is 4.27. The summed E-state index contributed by atoms with van der Waals surface area (Å²) in [4.78, 5) is 11.2. The molecule has 0 aliphatic rings. The summed E-state index contributed by atoms with van der Waals surface area (Å²) >= 11 is 0. The van der Waals surface area contributed by atoms with E-state index in [1.807, 2.05) is 20.8 Å². The predicted octanol–water partition coefficient (Wildman–Crippen LogP) is 0.442. The highest BCUT2D eigenvalue weighted by atomic mass is 16.3. The third-order valence-corrected chi connectivity index (χ3v) is 2.59. The molecule has 2 atom stereocenters. The molecular formula is C10H18N4O2. The number of aliphatic hydroxyl groups is 1. The van der Waals surface area contributed by atoms with Crippen molar-refractivity contribution >= 4 is 5.91 Å². The van der Waals surface area contributed by atoms with Gasteiger partial charge < -0.3 is 10.8 Å². The minimum atomic E-state index is -0.590. The Balaban J connectivity index is 3.25. The van der Waals surface area contributed by atoms with E-state index in [-0.39, 0.29) is 17.7 Å². The molecule has 0 fully saturated rings. The summed E-state index contributed by atoms with van der Waals surface area (Å²) in [6.45, 7) is 7.34. The molecule has 1 rings (SSSR count). The number of aromatic nitrogens is 3. The van der Waals surface area contributed by atoms with Crippen LogP contribution in [0.5, 0.6) is 0 Å².